The molecule has 5 heteroatoms. The van der Waals surface area contributed by atoms with Gasteiger partial charge in [-0.15, -0.1) is 0 Å². The van der Waals surface area contributed by atoms with Crippen LogP contribution in [-0.2, 0) is 19.4 Å². The molecule has 0 spiro atoms. The van der Waals surface area contributed by atoms with Crippen molar-refractivity contribution in [2.24, 2.45) is 5.73 Å². The summed E-state index contributed by atoms with van der Waals surface area (Å²) in [5.74, 6) is 0.256. The van der Waals surface area contributed by atoms with E-state index in [4.69, 9.17) is 5.73 Å². The molecule has 0 radical (unpaired) electrons. The van der Waals surface area contributed by atoms with Crippen molar-refractivity contribution in [2.75, 3.05) is 0 Å². The van der Waals surface area contributed by atoms with Crippen molar-refractivity contribution in [2.45, 2.75) is 19.4 Å². The van der Waals surface area contributed by atoms with E-state index < -0.39 is 0 Å². The quantitative estimate of drug-likeness (QED) is 0.732. The van der Waals surface area contributed by atoms with E-state index in [9.17, 15) is 5.11 Å². The molecule has 3 N–H and O–H groups in total. The van der Waals surface area contributed by atoms with Crippen LogP contribution in [0.1, 0.15) is 22.6 Å². The number of allylic oxidation sites excluding steroid dienone is 1. The zero-order valence-electron chi connectivity index (χ0n) is 13.4. The van der Waals surface area contributed by atoms with Crippen LogP contribution in [0.3, 0.4) is 0 Å². The lowest BCUT2D eigenvalue weighted by molar-refractivity contribution is 0.474. The molecule has 24 heavy (non-hydrogen) atoms. The standard InChI is InChI=1S/C19H20N4O/c1-14(20)9-19-18(11-16-6-2-3-8-21-16)22-13-23(19)12-15-5-4-7-17(24)10-15/h2-8,10,13,24H,1,9,11-12,20H2. The van der Waals surface area contributed by atoms with Gasteiger partial charge in [0.05, 0.1) is 12.0 Å². The van der Waals surface area contributed by atoms with Gasteiger partial charge in [-0.1, -0.05) is 24.8 Å². The van der Waals surface area contributed by atoms with Gasteiger partial charge in [0.25, 0.3) is 0 Å². The minimum atomic E-state index is 0.256. The predicted molar refractivity (Wildman–Crippen MR) is 93.5 cm³/mol. The molecule has 0 amide bonds. The molecular formula is C19H20N4O. The van der Waals surface area contributed by atoms with Crippen LogP contribution in [-0.4, -0.2) is 19.6 Å². The number of hydrogen-bond donors (Lipinski definition) is 2. The van der Waals surface area contributed by atoms with Crippen LogP contribution >= 0.6 is 0 Å². The van der Waals surface area contributed by atoms with Gasteiger partial charge in [0, 0.05) is 42.7 Å². The van der Waals surface area contributed by atoms with Crippen molar-refractivity contribution >= 4 is 0 Å². The largest absolute Gasteiger partial charge is 0.508 e. The summed E-state index contributed by atoms with van der Waals surface area (Å²) in [5, 5.41) is 9.64. The van der Waals surface area contributed by atoms with Gasteiger partial charge in [0.15, 0.2) is 0 Å². The maximum Gasteiger partial charge on any atom is 0.115 e. The predicted octanol–water partition coefficient (Wildman–Crippen LogP) is 2.64. The Labute approximate surface area is 141 Å². The summed E-state index contributed by atoms with van der Waals surface area (Å²) in [7, 11) is 0. The minimum Gasteiger partial charge on any atom is -0.508 e. The molecule has 3 aromatic rings. The maximum absolute atomic E-state index is 9.64. The summed E-state index contributed by atoms with van der Waals surface area (Å²) in [5.41, 5.74) is 10.4. The fraction of sp³-hybridized carbons (Fsp3) is 0.158. The van der Waals surface area contributed by atoms with Gasteiger partial charge in [0.2, 0.25) is 0 Å². The van der Waals surface area contributed by atoms with Crippen LogP contribution in [0.5, 0.6) is 5.75 Å². The first-order chi connectivity index (χ1) is 11.6. The summed E-state index contributed by atoms with van der Waals surface area (Å²) >= 11 is 0. The minimum absolute atomic E-state index is 0.256. The number of phenols is 1. The molecule has 0 fully saturated rings. The van der Waals surface area contributed by atoms with Gasteiger partial charge in [0.1, 0.15) is 5.75 Å². The Bertz CT molecular complexity index is 840. The lowest BCUT2D eigenvalue weighted by Crippen LogP contribution is -2.10. The first-order valence-electron chi connectivity index (χ1n) is 7.76. The molecule has 0 aliphatic rings. The monoisotopic (exact) mass is 320 g/mol. The molecule has 0 saturated heterocycles. The van der Waals surface area contributed by atoms with Crippen LogP contribution in [0.15, 0.2) is 67.3 Å². The van der Waals surface area contributed by atoms with E-state index in [2.05, 4.69) is 16.5 Å². The van der Waals surface area contributed by atoms with Crippen LogP contribution in [0.4, 0.5) is 0 Å². The normalized spacial score (nSPS) is 10.7. The number of phenolic OH excluding ortho intramolecular Hbond substituents is 1. The molecule has 2 heterocycles. The maximum atomic E-state index is 9.64. The Morgan fingerprint density at radius 3 is 2.75 bits per heavy atom. The Balaban J connectivity index is 1.90. The average Bonchev–Trinajstić information content (AvgIpc) is 2.90. The second kappa shape index (κ2) is 7.00. The molecule has 0 unspecified atom stereocenters. The van der Waals surface area contributed by atoms with Crippen molar-refractivity contribution in [1.82, 2.24) is 14.5 Å². The fourth-order valence-corrected chi connectivity index (χ4v) is 2.68. The highest BCUT2D eigenvalue weighted by atomic mass is 16.3. The molecular weight excluding hydrogens is 300 g/mol. The molecule has 0 atom stereocenters. The van der Waals surface area contributed by atoms with E-state index in [-0.39, 0.29) is 5.75 Å². The third-order valence-electron chi connectivity index (χ3n) is 3.77. The molecule has 3 rings (SSSR count). The van der Waals surface area contributed by atoms with Crippen LogP contribution in [0.2, 0.25) is 0 Å². The molecule has 122 valence electrons. The number of pyridine rings is 1. The second-order valence-corrected chi connectivity index (χ2v) is 5.77. The van der Waals surface area contributed by atoms with Crippen molar-refractivity contribution in [1.29, 1.82) is 0 Å². The first-order valence-corrected chi connectivity index (χ1v) is 7.76. The van der Waals surface area contributed by atoms with Crippen LogP contribution in [0, 0.1) is 0 Å². The lowest BCUT2D eigenvalue weighted by Gasteiger charge is -2.11. The third-order valence-corrected chi connectivity index (χ3v) is 3.77. The Kier molecular flexibility index (Phi) is 4.61. The Morgan fingerprint density at radius 1 is 1.17 bits per heavy atom. The molecule has 0 aliphatic carbocycles. The van der Waals surface area contributed by atoms with E-state index in [1.807, 2.05) is 34.9 Å². The highest BCUT2D eigenvalue weighted by Gasteiger charge is 2.13. The zero-order chi connectivity index (χ0) is 16.9. The number of aromatic nitrogens is 3. The van der Waals surface area contributed by atoms with Crippen molar-refractivity contribution in [3.8, 4) is 5.75 Å². The van der Waals surface area contributed by atoms with E-state index in [1.54, 1.807) is 24.7 Å². The molecule has 2 aromatic heterocycles. The topological polar surface area (TPSA) is 77.0 Å². The lowest BCUT2D eigenvalue weighted by atomic mass is 10.1. The van der Waals surface area contributed by atoms with E-state index in [0.29, 0.717) is 25.1 Å². The molecule has 1 aromatic carbocycles. The van der Waals surface area contributed by atoms with Crippen molar-refractivity contribution < 1.29 is 5.11 Å². The summed E-state index contributed by atoms with van der Waals surface area (Å²) in [6, 6.07) is 13.1. The molecule has 0 bridgehead atoms. The van der Waals surface area contributed by atoms with Crippen molar-refractivity contribution in [3.63, 3.8) is 0 Å². The third kappa shape index (κ3) is 3.81. The number of imidazole rings is 1. The number of nitrogens with two attached hydrogens (primary N) is 1. The van der Waals surface area contributed by atoms with E-state index in [1.165, 1.54) is 0 Å². The zero-order valence-corrected chi connectivity index (χ0v) is 13.4. The molecule has 0 aliphatic heterocycles. The van der Waals surface area contributed by atoms with Gasteiger partial charge < -0.3 is 15.4 Å². The number of aromatic hydroxyl groups is 1. The van der Waals surface area contributed by atoms with Gasteiger partial charge >= 0.3 is 0 Å². The average molecular weight is 320 g/mol. The van der Waals surface area contributed by atoms with Gasteiger partial charge in [-0.25, -0.2) is 4.98 Å². The highest BCUT2D eigenvalue weighted by molar-refractivity contribution is 5.29. The van der Waals surface area contributed by atoms with E-state index >= 15 is 0 Å². The number of hydrogen-bond acceptors (Lipinski definition) is 4. The van der Waals surface area contributed by atoms with Crippen LogP contribution in [0.25, 0.3) is 0 Å². The van der Waals surface area contributed by atoms with Gasteiger partial charge in [-0.05, 0) is 29.8 Å². The summed E-state index contributed by atoms with van der Waals surface area (Å²) < 4.78 is 2.05. The summed E-state index contributed by atoms with van der Waals surface area (Å²) in [6.07, 6.45) is 4.79. The van der Waals surface area contributed by atoms with E-state index in [0.717, 1.165) is 22.6 Å². The first kappa shape index (κ1) is 15.8. The second-order valence-electron chi connectivity index (χ2n) is 5.77. The number of benzene rings is 1. The fourth-order valence-electron chi connectivity index (χ4n) is 2.68. The Morgan fingerprint density at radius 2 is 2.04 bits per heavy atom. The Hall–Kier alpha value is -3.08. The number of rotatable bonds is 6. The molecule has 0 saturated carbocycles. The highest BCUT2D eigenvalue weighted by Crippen LogP contribution is 2.18. The summed E-state index contributed by atoms with van der Waals surface area (Å²) in [6.45, 7) is 4.44. The SMILES string of the molecule is C=C(N)Cc1c(Cc2ccccn2)ncn1Cc1cccc(O)c1. The smallest absolute Gasteiger partial charge is 0.115 e. The van der Waals surface area contributed by atoms with Crippen LogP contribution < -0.4 is 5.73 Å². The van der Waals surface area contributed by atoms with Gasteiger partial charge in [-0.2, -0.15) is 0 Å². The summed E-state index contributed by atoms with van der Waals surface area (Å²) in [4.78, 5) is 8.91. The number of nitrogens with zero attached hydrogens (tertiary/aromatic N) is 3. The van der Waals surface area contributed by atoms with Gasteiger partial charge in [-0.3, -0.25) is 4.98 Å². The van der Waals surface area contributed by atoms with Crippen molar-refractivity contribution in [3.05, 3.63) is 89.9 Å². The molecule has 5 nitrogen and oxygen atoms in total.